The number of anilines is 1. The van der Waals surface area contributed by atoms with E-state index in [1.807, 2.05) is 18.2 Å². The molecular formula is C21H18N4. The van der Waals surface area contributed by atoms with Gasteiger partial charge in [-0.1, -0.05) is 30.3 Å². The Labute approximate surface area is 147 Å². The first kappa shape index (κ1) is 15.3. The summed E-state index contributed by atoms with van der Waals surface area (Å²) in [5.41, 5.74) is 12.0. The third kappa shape index (κ3) is 2.74. The molecule has 4 nitrogen and oxygen atoms in total. The first-order valence-corrected chi connectivity index (χ1v) is 8.44. The van der Waals surface area contributed by atoms with Gasteiger partial charge in [-0.15, -0.1) is 0 Å². The molecule has 0 amide bonds. The minimum Gasteiger partial charge on any atom is -0.383 e. The van der Waals surface area contributed by atoms with Crippen LogP contribution < -0.4 is 5.73 Å². The van der Waals surface area contributed by atoms with Crippen LogP contribution in [0.3, 0.4) is 0 Å². The van der Waals surface area contributed by atoms with E-state index in [9.17, 15) is 5.26 Å². The van der Waals surface area contributed by atoms with Gasteiger partial charge in [0.05, 0.1) is 0 Å². The number of fused-ring (bicyclic) bond motifs is 1. The van der Waals surface area contributed by atoms with Crippen molar-refractivity contribution in [1.82, 2.24) is 9.97 Å². The molecule has 1 unspecified atom stereocenters. The first-order chi connectivity index (χ1) is 12.3. The molecule has 2 heterocycles. The van der Waals surface area contributed by atoms with Crippen molar-refractivity contribution in [3.63, 3.8) is 0 Å². The van der Waals surface area contributed by atoms with Crippen molar-refractivity contribution in [2.45, 2.75) is 25.2 Å². The summed E-state index contributed by atoms with van der Waals surface area (Å²) in [6.45, 7) is 0. The molecule has 0 radical (unpaired) electrons. The Balaban J connectivity index is 1.88. The van der Waals surface area contributed by atoms with E-state index >= 15 is 0 Å². The highest BCUT2D eigenvalue weighted by atomic mass is 14.9. The molecule has 1 atom stereocenters. The molecule has 2 N–H and O–H groups in total. The highest BCUT2D eigenvalue weighted by molar-refractivity contribution is 5.79. The molecule has 25 heavy (non-hydrogen) atoms. The standard InChI is InChI=1S/C21H18N4/c22-13-18-20(15-8-10-24-11-9-15)17-12-16(14-4-2-1-3-5-14)6-7-19(17)25-21(18)23/h1-5,8-11,16H,6-7,12H2,(H2,23,25). The average molecular weight is 326 g/mol. The van der Waals surface area contributed by atoms with Crippen LogP contribution in [0.25, 0.3) is 11.1 Å². The second-order valence-corrected chi connectivity index (χ2v) is 6.37. The zero-order valence-electron chi connectivity index (χ0n) is 13.8. The van der Waals surface area contributed by atoms with E-state index < -0.39 is 0 Å². The van der Waals surface area contributed by atoms with Crippen LogP contribution in [0.2, 0.25) is 0 Å². The maximum absolute atomic E-state index is 9.66. The number of nitrogens with zero attached hydrogens (tertiary/aromatic N) is 3. The molecule has 4 rings (SSSR count). The first-order valence-electron chi connectivity index (χ1n) is 8.44. The number of pyridine rings is 2. The van der Waals surface area contributed by atoms with E-state index in [4.69, 9.17) is 5.73 Å². The maximum atomic E-state index is 9.66. The van der Waals surface area contributed by atoms with Crippen molar-refractivity contribution >= 4 is 5.82 Å². The largest absolute Gasteiger partial charge is 0.383 e. The summed E-state index contributed by atoms with van der Waals surface area (Å²) in [7, 11) is 0. The minimum absolute atomic E-state index is 0.325. The Morgan fingerprint density at radius 3 is 2.56 bits per heavy atom. The molecule has 1 aromatic carbocycles. The van der Waals surface area contributed by atoms with Crippen LogP contribution in [0.5, 0.6) is 0 Å². The van der Waals surface area contributed by atoms with E-state index in [1.54, 1.807) is 12.4 Å². The Kier molecular flexibility index (Phi) is 3.91. The molecule has 0 fully saturated rings. The molecule has 4 heteroatoms. The summed E-state index contributed by atoms with van der Waals surface area (Å²) >= 11 is 0. The van der Waals surface area contributed by atoms with Crippen molar-refractivity contribution in [2.75, 3.05) is 5.73 Å². The second-order valence-electron chi connectivity index (χ2n) is 6.37. The Hall–Kier alpha value is -3.19. The van der Waals surface area contributed by atoms with Gasteiger partial charge in [0, 0.05) is 23.7 Å². The molecular weight excluding hydrogens is 308 g/mol. The number of nitrogens with two attached hydrogens (primary N) is 1. The number of aromatic nitrogens is 2. The molecule has 0 aliphatic heterocycles. The van der Waals surface area contributed by atoms with Gasteiger partial charge in [0.2, 0.25) is 0 Å². The van der Waals surface area contributed by atoms with Gasteiger partial charge >= 0.3 is 0 Å². The van der Waals surface area contributed by atoms with Gasteiger partial charge in [0.1, 0.15) is 17.5 Å². The highest BCUT2D eigenvalue weighted by Gasteiger charge is 2.27. The molecule has 0 saturated carbocycles. The highest BCUT2D eigenvalue weighted by Crippen LogP contribution is 2.39. The lowest BCUT2D eigenvalue weighted by Gasteiger charge is -2.27. The van der Waals surface area contributed by atoms with Gasteiger partial charge in [0.15, 0.2) is 0 Å². The van der Waals surface area contributed by atoms with Gasteiger partial charge in [-0.25, -0.2) is 4.98 Å². The van der Waals surface area contributed by atoms with Crippen LogP contribution in [-0.4, -0.2) is 9.97 Å². The summed E-state index contributed by atoms with van der Waals surface area (Å²) in [6, 6.07) is 16.7. The minimum atomic E-state index is 0.325. The molecule has 0 spiro atoms. The quantitative estimate of drug-likeness (QED) is 0.775. The summed E-state index contributed by atoms with van der Waals surface area (Å²) < 4.78 is 0. The fraction of sp³-hybridized carbons (Fsp3) is 0.190. The monoisotopic (exact) mass is 326 g/mol. The lowest BCUT2D eigenvalue weighted by molar-refractivity contribution is 0.576. The number of nitrogen functional groups attached to an aromatic ring is 1. The van der Waals surface area contributed by atoms with Crippen molar-refractivity contribution < 1.29 is 0 Å². The van der Waals surface area contributed by atoms with Crippen LogP contribution in [-0.2, 0) is 12.8 Å². The van der Waals surface area contributed by atoms with Crippen LogP contribution >= 0.6 is 0 Å². The fourth-order valence-electron chi connectivity index (χ4n) is 3.74. The summed E-state index contributed by atoms with van der Waals surface area (Å²) in [6.07, 6.45) is 6.29. The normalized spacial score (nSPS) is 16.0. The summed E-state index contributed by atoms with van der Waals surface area (Å²) in [4.78, 5) is 8.63. The third-order valence-electron chi connectivity index (χ3n) is 4.94. The number of rotatable bonds is 2. The number of nitriles is 1. The maximum Gasteiger partial charge on any atom is 0.142 e. The van der Waals surface area contributed by atoms with Crippen LogP contribution in [0.1, 0.15) is 34.7 Å². The number of hydrogen-bond donors (Lipinski definition) is 1. The Morgan fingerprint density at radius 2 is 1.84 bits per heavy atom. The summed E-state index contributed by atoms with van der Waals surface area (Å²) in [5.74, 6) is 0.762. The molecule has 3 aromatic rings. The average Bonchev–Trinajstić information content (AvgIpc) is 2.68. The number of aryl methyl sites for hydroxylation is 1. The molecule has 0 saturated heterocycles. The zero-order chi connectivity index (χ0) is 17.2. The zero-order valence-corrected chi connectivity index (χ0v) is 13.8. The lowest BCUT2D eigenvalue weighted by Crippen LogP contribution is -2.17. The van der Waals surface area contributed by atoms with Crippen LogP contribution in [0.4, 0.5) is 5.82 Å². The lowest BCUT2D eigenvalue weighted by atomic mass is 9.78. The summed E-state index contributed by atoms with van der Waals surface area (Å²) in [5, 5.41) is 9.66. The molecule has 2 aromatic heterocycles. The predicted molar refractivity (Wildman–Crippen MR) is 97.8 cm³/mol. The third-order valence-corrected chi connectivity index (χ3v) is 4.94. The SMILES string of the molecule is N#Cc1c(N)nc2c(c1-c1ccncc1)CC(c1ccccc1)CC2. The Bertz CT molecular complexity index is 943. The van der Waals surface area contributed by atoms with Crippen LogP contribution in [0.15, 0.2) is 54.9 Å². The van der Waals surface area contributed by atoms with Gasteiger partial charge in [-0.05, 0) is 54.0 Å². The predicted octanol–water partition coefficient (Wildman–Crippen LogP) is 3.87. The van der Waals surface area contributed by atoms with E-state index in [0.717, 1.165) is 41.6 Å². The number of hydrogen-bond acceptors (Lipinski definition) is 4. The van der Waals surface area contributed by atoms with Crippen molar-refractivity contribution in [1.29, 1.82) is 5.26 Å². The topological polar surface area (TPSA) is 75.6 Å². The molecule has 1 aliphatic carbocycles. The fourth-order valence-corrected chi connectivity index (χ4v) is 3.74. The van der Waals surface area contributed by atoms with E-state index in [2.05, 4.69) is 40.3 Å². The van der Waals surface area contributed by atoms with Crippen molar-refractivity contribution in [3.8, 4) is 17.2 Å². The number of benzene rings is 1. The smallest absolute Gasteiger partial charge is 0.142 e. The molecule has 1 aliphatic rings. The van der Waals surface area contributed by atoms with Crippen LogP contribution in [0, 0.1) is 11.3 Å². The van der Waals surface area contributed by atoms with Gasteiger partial charge < -0.3 is 5.73 Å². The molecule has 0 bridgehead atoms. The van der Waals surface area contributed by atoms with Gasteiger partial charge in [-0.2, -0.15) is 5.26 Å². The van der Waals surface area contributed by atoms with Crippen molar-refractivity contribution in [3.05, 3.63) is 77.2 Å². The Morgan fingerprint density at radius 1 is 1.08 bits per heavy atom. The van der Waals surface area contributed by atoms with E-state index in [-0.39, 0.29) is 0 Å². The van der Waals surface area contributed by atoms with E-state index in [0.29, 0.717) is 17.3 Å². The van der Waals surface area contributed by atoms with Gasteiger partial charge in [0.25, 0.3) is 0 Å². The second kappa shape index (κ2) is 6.37. The van der Waals surface area contributed by atoms with E-state index in [1.165, 1.54) is 5.56 Å². The van der Waals surface area contributed by atoms with Crippen molar-refractivity contribution in [2.24, 2.45) is 0 Å². The molecule has 122 valence electrons. The van der Waals surface area contributed by atoms with Gasteiger partial charge in [-0.3, -0.25) is 4.98 Å².